The molecule has 2 N–H and O–H groups in total. The minimum absolute atomic E-state index is 0.00420. The van der Waals surface area contributed by atoms with Crippen molar-refractivity contribution < 1.29 is 4.79 Å². The average molecular weight is 373 g/mol. The number of hydrogen-bond acceptors (Lipinski definition) is 5. The lowest BCUT2D eigenvalue weighted by molar-refractivity contribution is 0.0791. The number of pyridine rings is 1. The molecule has 2 aromatic heterocycles. The van der Waals surface area contributed by atoms with Gasteiger partial charge in [-0.3, -0.25) is 9.78 Å². The molecule has 1 unspecified atom stereocenters. The maximum absolute atomic E-state index is 12.8. The standard InChI is InChI=1S/C22H23N5O/c1-14-6-7-19(15(2)25-14)20-8-10-24-21(26-20)16-4-3-5-17(12-16)22(28)27-11-9-18(23)13-27/h3-8,10,12,18H,9,11,13,23H2,1-2H3. The number of aromatic nitrogens is 3. The van der Waals surface area contributed by atoms with Crippen molar-refractivity contribution in [3.63, 3.8) is 0 Å². The van der Waals surface area contributed by atoms with E-state index in [1.54, 1.807) is 6.20 Å². The summed E-state index contributed by atoms with van der Waals surface area (Å²) in [5.74, 6) is 0.592. The van der Waals surface area contributed by atoms with Crippen LogP contribution in [0.15, 0.2) is 48.7 Å². The summed E-state index contributed by atoms with van der Waals surface area (Å²) < 4.78 is 0. The molecular formula is C22H23N5O. The molecule has 6 nitrogen and oxygen atoms in total. The lowest BCUT2D eigenvalue weighted by Crippen LogP contribution is -2.31. The van der Waals surface area contributed by atoms with Gasteiger partial charge < -0.3 is 10.6 Å². The van der Waals surface area contributed by atoms with Crippen LogP contribution in [0.3, 0.4) is 0 Å². The van der Waals surface area contributed by atoms with Gasteiger partial charge in [-0.1, -0.05) is 12.1 Å². The lowest BCUT2D eigenvalue weighted by Gasteiger charge is -2.16. The molecule has 6 heteroatoms. The molecule has 1 atom stereocenters. The number of carbonyl (C=O) groups is 1. The molecule has 1 aliphatic rings. The van der Waals surface area contributed by atoms with Gasteiger partial charge in [0.1, 0.15) is 0 Å². The third-order valence-electron chi connectivity index (χ3n) is 5.04. The molecule has 28 heavy (non-hydrogen) atoms. The monoisotopic (exact) mass is 373 g/mol. The van der Waals surface area contributed by atoms with Crippen LogP contribution in [-0.2, 0) is 0 Å². The smallest absolute Gasteiger partial charge is 0.253 e. The third kappa shape index (κ3) is 3.64. The van der Waals surface area contributed by atoms with Crippen molar-refractivity contribution in [3.8, 4) is 22.6 Å². The zero-order valence-corrected chi connectivity index (χ0v) is 16.1. The quantitative estimate of drug-likeness (QED) is 0.763. The number of amides is 1. The number of aryl methyl sites for hydroxylation is 2. The average Bonchev–Trinajstić information content (AvgIpc) is 3.14. The highest BCUT2D eigenvalue weighted by Crippen LogP contribution is 2.24. The Morgan fingerprint density at radius 3 is 2.75 bits per heavy atom. The molecule has 3 aromatic rings. The Morgan fingerprint density at radius 1 is 1.14 bits per heavy atom. The van der Waals surface area contributed by atoms with E-state index >= 15 is 0 Å². The van der Waals surface area contributed by atoms with E-state index in [9.17, 15) is 4.79 Å². The Balaban J connectivity index is 1.66. The Kier molecular flexibility index (Phi) is 4.88. The molecule has 1 aliphatic heterocycles. The highest BCUT2D eigenvalue weighted by Gasteiger charge is 2.24. The second kappa shape index (κ2) is 7.48. The molecule has 1 saturated heterocycles. The Bertz CT molecular complexity index is 1030. The van der Waals surface area contributed by atoms with Gasteiger partial charge in [0.25, 0.3) is 5.91 Å². The first-order chi connectivity index (χ1) is 13.5. The maximum atomic E-state index is 12.8. The number of benzene rings is 1. The number of carbonyl (C=O) groups excluding carboxylic acids is 1. The summed E-state index contributed by atoms with van der Waals surface area (Å²) in [6.07, 6.45) is 2.59. The van der Waals surface area contributed by atoms with Gasteiger partial charge in [0.15, 0.2) is 5.82 Å². The zero-order chi connectivity index (χ0) is 19.7. The van der Waals surface area contributed by atoms with E-state index in [1.165, 1.54) is 0 Å². The van der Waals surface area contributed by atoms with Gasteiger partial charge in [-0.2, -0.15) is 0 Å². The fourth-order valence-corrected chi connectivity index (χ4v) is 3.55. The van der Waals surface area contributed by atoms with Gasteiger partial charge in [0.2, 0.25) is 0 Å². The predicted octanol–water partition coefficient (Wildman–Crippen LogP) is 3.00. The van der Waals surface area contributed by atoms with Crippen molar-refractivity contribution in [1.29, 1.82) is 0 Å². The van der Waals surface area contributed by atoms with Crippen molar-refractivity contribution in [2.24, 2.45) is 5.73 Å². The number of hydrogen-bond donors (Lipinski definition) is 1. The van der Waals surface area contributed by atoms with E-state index in [4.69, 9.17) is 10.7 Å². The van der Waals surface area contributed by atoms with Gasteiger partial charge in [-0.15, -0.1) is 0 Å². The molecule has 0 aliphatic carbocycles. The molecule has 0 bridgehead atoms. The van der Waals surface area contributed by atoms with Crippen molar-refractivity contribution in [2.75, 3.05) is 13.1 Å². The van der Waals surface area contributed by atoms with Crippen LogP contribution in [0.25, 0.3) is 22.6 Å². The summed E-state index contributed by atoms with van der Waals surface area (Å²) in [7, 11) is 0. The Labute approximate surface area is 164 Å². The van der Waals surface area contributed by atoms with Crippen molar-refractivity contribution in [1.82, 2.24) is 19.9 Å². The van der Waals surface area contributed by atoms with Gasteiger partial charge in [-0.05, 0) is 50.6 Å². The maximum Gasteiger partial charge on any atom is 0.253 e. The third-order valence-corrected chi connectivity index (χ3v) is 5.04. The van der Waals surface area contributed by atoms with Gasteiger partial charge in [0.05, 0.1) is 5.69 Å². The van der Waals surface area contributed by atoms with Crippen LogP contribution in [0.4, 0.5) is 0 Å². The molecule has 0 saturated carbocycles. The number of nitrogens with zero attached hydrogens (tertiary/aromatic N) is 4. The first-order valence-electron chi connectivity index (χ1n) is 9.44. The molecule has 3 heterocycles. The van der Waals surface area contributed by atoms with E-state index in [0.717, 1.165) is 34.6 Å². The molecule has 1 fully saturated rings. The highest BCUT2D eigenvalue weighted by molar-refractivity contribution is 5.95. The molecule has 1 amide bonds. The summed E-state index contributed by atoms with van der Waals surface area (Å²) in [4.78, 5) is 28.2. The van der Waals surface area contributed by atoms with Gasteiger partial charge in [0, 0.05) is 53.4 Å². The largest absolute Gasteiger partial charge is 0.337 e. The van der Waals surface area contributed by atoms with E-state index in [-0.39, 0.29) is 11.9 Å². The summed E-state index contributed by atoms with van der Waals surface area (Å²) in [6, 6.07) is 13.4. The summed E-state index contributed by atoms with van der Waals surface area (Å²) in [5, 5.41) is 0. The fourth-order valence-electron chi connectivity index (χ4n) is 3.55. The Morgan fingerprint density at radius 2 is 2.00 bits per heavy atom. The first-order valence-corrected chi connectivity index (χ1v) is 9.44. The van der Waals surface area contributed by atoms with Crippen LogP contribution >= 0.6 is 0 Å². The van der Waals surface area contributed by atoms with Crippen LogP contribution in [0, 0.1) is 13.8 Å². The molecule has 4 rings (SSSR count). The second-order valence-corrected chi connectivity index (χ2v) is 7.23. The van der Waals surface area contributed by atoms with Crippen LogP contribution in [-0.4, -0.2) is 44.9 Å². The van der Waals surface area contributed by atoms with E-state index < -0.39 is 0 Å². The minimum atomic E-state index is 0.00420. The number of rotatable bonds is 3. The molecule has 142 valence electrons. The Hall–Kier alpha value is -3.12. The minimum Gasteiger partial charge on any atom is -0.337 e. The van der Waals surface area contributed by atoms with Crippen LogP contribution in [0.5, 0.6) is 0 Å². The van der Waals surface area contributed by atoms with Crippen LogP contribution < -0.4 is 5.73 Å². The zero-order valence-electron chi connectivity index (χ0n) is 16.1. The fraction of sp³-hybridized carbons (Fsp3) is 0.273. The number of likely N-dealkylation sites (tertiary alicyclic amines) is 1. The van der Waals surface area contributed by atoms with Crippen LogP contribution in [0.2, 0.25) is 0 Å². The summed E-state index contributed by atoms with van der Waals surface area (Å²) >= 11 is 0. The van der Waals surface area contributed by atoms with E-state index in [0.29, 0.717) is 24.5 Å². The predicted molar refractivity (Wildman–Crippen MR) is 109 cm³/mol. The SMILES string of the molecule is Cc1ccc(-c2ccnc(-c3cccc(C(=O)N4CCC(N)C4)c3)n2)c(C)n1. The van der Waals surface area contributed by atoms with Crippen molar-refractivity contribution in [3.05, 3.63) is 65.6 Å². The molecule has 0 radical (unpaired) electrons. The molecular weight excluding hydrogens is 350 g/mol. The molecule has 1 aromatic carbocycles. The van der Waals surface area contributed by atoms with Crippen molar-refractivity contribution >= 4 is 5.91 Å². The van der Waals surface area contributed by atoms with E-state index in [1.807, 2.05) is 61.2 Å². The topological polar surface area (TPSA) is 85.0 Å². The molecule has 0 spiro atoms. The highest BCUT2D eigenvalue weighted by atomic mass is 16.2. The summed E-state index contributed by atoms with van der Waals surface area (Å²) in [6.45, 7) is 5.26. The summed E-state index contributed by atoms with van der Waals surface area (Å²) in [5.41, 5.74) is 11.1. The van der Waals surface area contributed by atoms with Gasteiger partial charge in [-0.25, -0.2) is 9.97 Å². The first kappa shape index (κ1) is 18.3. The normalized spacial score (nSPS) is 16.4. The van der Waals surface area contributed by atoms with E-state index in [2.05, 4.69) is 9.97 Å². The second-order valence-electron chi connectivity index (χ2n) is 7.23. The van der Waals surface area contributed by atoms with Crippen LogP contribution in [0.1, 0.15) is 28.2 Å². The number of nitrogens with two attached hydrogens (primary N) is 1. The van der Waals surface area contributed by atoms with Crippen molar-refractivity contribution in [2.45, 2.75) is 26.3 Å². The lowest BCUT2D eigenvalue weighted by atomic mass is 10.1. The van der Waals surface area contributed by atoms with Gasteiger partial charge >= 0.3 is 0 Å².